The number of esters is 1. The lowest BCUT2D eigenvalue weighted by molar-refractivity contribution is -0.385. The number of hydrogen-bond acceptors (Lipinski definition) is 8. The molecule has 1 aliphatic rings. The van der Waals surface area contributed by atoms with Gasteiger partial charge in [-0.05, 0) is 49.0 Å². The Bertz CT molecular complexity index is 1200. The van der Waals surface area contributed by atoms with Gasteiger partial charge in [0.1, 0.15) is 6.54 Å². The summed E-state index contributed by atoms with van der Waals surface area (Å²) in [6.07, 6.45) is 1.24. The molecule has 0 aromatic heterocycles. The average Bonchev–Trinajstić information content (AvgIpc) is 3.02. The zero-order chi connectivity index (χ0) is 24.1. The normalized spacial score (nSPS) is 14.5. The second kappa shape index (κ2) is 10.3. The molecule has 33 heavy (non-hydrogen) atoms. The van der Waals surface area contributed by atoms with E-state index >= 15 is 0 Å². The quantitative estimate of drug-likeness (QED) is 0.265. The molecule has 1 fully saturated rings. The fourth-order valence-corrected chi connectivity index (χ4v) is 3.89. The molecule has 2 aromatic carbocycles. The molecule has 0 aliphatic carbocycles. The SMILES string of the molecule is CCOC(=O)c1cc(NC(=O)CN2C(=O)S/C(=C/c3ccccc3[N+](=O)[O-])C2=O)ccc1Cl. The Morgan fingerprint density at radius 3 is 2.67 bits per heavy atom. The number of anilines is 1. The van der Waals surface area contributed by atoms with Crippen LogP contribution in [0.4, 0.5) is 16.2 Å². The monoisotopic (exact) mass is 489 g/mol. The number of imide groups is 1. The fourth-order valence-electron chi connectivity index (χ4n) is 2.87. The predicted octanol–water partition coefficient (Wildman–Crippen LogP) is 4.10. The van der Waals surface area contributed by atoms with Crippen molar-refractivity contribution in [3.63, 3.8) is 0 Å². The van der Waals surface area contributed by atoms with Gasteiger partial charge in [0.05, 0.1) is 32.6 Å². The molecule has 0 radical (unpaired) electrons. The fraction of sp³-hybridized carbons (Fsp3) is 0.143. The molecular formula is C21H16ClN3O7S. The van der Waals surface area contributed by atoms with E-state index in [2.05, 4.69) is 5.32 Å². The highest BCUT2D eigenvalue weighted by molar-refractivity contribution is 8.18. The summed E-state index contributed by atoms with van der Waals surface area (Å²) < 4.78 is 4.90. The number of carbonyl (C=O) groups is 4. The third kappa shape index (κ3) is 5.57. The van der Waals surface area contributed by atoms with Crippen LogP contribution in [0.5, 0.6) is 0 Å². The van der Waals surface area contributed by atoms with E-state index in [-0.39, 0.29) is 39.0 Å². The molecule has 1 saturated heterocycles. The first-order chi connectivity index (χ1) is 15.7. The van der Waals surface area contributed by atoms with Crippen LogP contribution >= 0.6 is 23.4 Å². The van der Waals surface area contributed by atoms with Crippen molar-refractivity contribution in [1.29, 1.82) is 0 Å². The first-order valence-electron chi connectivity index (χ1n) is 9.46. The van der Waals surface area contributed by atoms with E-state index in [1.165, 1.54) is 42.5 Å². The summed E-state index contributed by atoms with van der Waals surface area (Å²) in [7, 11) is 0. The van der Waals surface area contributed by atoms with Gasteiger partial charge in [-0.25, -0.2) is 4.79 Å². The first-order valence-corrected chi connectivity index (χ1v) is 10.7. The van der Waals surface area contributed by atoms with Crippen LogP contribution in [0, 0.1) is 10.1 Å². The van der Waals surface area contributed by atoms with Crippen molar-refractivity contribution in [3.05, 3.63) is 73.6 Å². The highest BCUT2D eigenvalue weighted by atomic mass is 35.5. The summed E-state index contributed by atoms with van der Waals surface area (Å²) in [5, 5.41) is 13.1. The van der Waals surface area contributed by atoms with E-state index in [0.717, 1.165) is 4.90 Å². The summed E-state index contributed by atoms with van der Waals surface area (Å²) in [5.41, 5.74) is 0.206. The molecule has 3 amide bonds. The number of nitrogens with one attached hydrogen (secondary N) is 1. The Morgan fingerprint density at radius 2 is 1.97 bits per heavy atom. The van der Waals surface area contributed by atoms with Gasteiger partial charge in [-0.3, -0.25) is 29.4 Å². The summed E-state index contributed by atoms with van der Waals surface area (Å²) >= 11 is 6.57. The molecule has 1 heterocycles. The van der Waals surface area contributed by atoms with Gasteiger partial charge in [0.15, 0.2) is 0 Å². The average molecular weight is 490 g/mol. The van der Waals surface area contributed by atoms with Gasteiger partial charge in [-0.15, -0.1) is 0 Å². The van der Waals surface area contributed by atoms with Crippen LogP contribution in [-0.2, 0) is 14.3 Å². The zero-order valence-corrected chi connectivity index (χ0v) is 18.6. The summed E-state index contributed by atoms with van der Waals surface area (Å²) in [5.74, 6) is -2.10. The number of para-hydroxylation sites is 1. The minimum absolute atomic E-state index is 0.0433. The van der Waals surface area contributed by atoms with Gasteiger partial charge in [-0.2, -0.15) is 0 Å². The van der Waals surface area contributed by atoms with Gasteiger partial charge in [-0.1, -0.05) is 23.7 Å². The number of ether oxygens (including phenoxy) is 1. The van der Waals surface area contributed by atoms with Crippen LogP contribution in [0.15, 0.2) is 47.4 Å². The van der Waals surface area contributed by atoms with E-state index in [0.29, 0.717) is 11.8 Å². The highest BCUT2D eigenvalue weighted by Gasteiger charge is 2.36. The Hall–Kier alpha value is -3.70. The van der Waals surface area contributed by atoms with Crippen LogP contribution in [0.25, 0.3) is 6.08 Å². The summed E-state index contributed by atoms with van der Waals surface area (Å²) in [6, 6.07) is 9.94. The van der Waals surface area contributed by atoms with Gasteiger partial charge in [0, 0.05) is 11.8 Å². The second-order valence-corrected chi connectivity index (χ2v) is 7.95. The number of nitro groups is 1. The first kappa shape index (κ1) is 24.0. The molecule has 1 aliphatic heterocycles. The van der Waals surface area contributed by atoms with Crippen molar-refractivity contribution in [2.75, 3.05) is 18.5 Å². The maximum Gasteiger partial charge on any atom is 0.339 e. The van der Waals surface area contributed by atoms with E-state index in [9.17, 15) is 29.3 Å². The number of thioether (sulfide) groups is 1. The summed E-state index contributed by atoms with van der Waals surface area (Å²) in [4.78, 5) is 60.6. The van der Waals surface area contributed by atoms with Crippen molar-refractivity contribution in [3.8, 4) is 0 Å². The minimum atomic E-state index is -0.749. The maximum atomic E-state index is 12.6. The van der Waals surface area contributed by atoms with Crippen molar-refractivity contribution < 1.29 is 28.8 Å². The third-order valence-electron chi connectivity index (χ3n) is 4.34. The molecule has 12 heteroatoms. The van der Waals surface area contributed by atoms with Crippen molar-refractivity contribution >= 4 is 63.8 Å². The smallest absolute Gasteiger partial charge is 0.339 e. The topological polar surface area (TPSA) is 136 Å². The van der Waals surface area contributed by atoms with Gasteiger partial charge >= 0.3 is 5.97 Å². The molecule has 2 aromatic rings. The van der Waals surface area contributed by atoms with Crippen LogP contribution in [0.3, 0.4) is 0 Å². The molecule has 170 valence electrons. The Kier molecular flexibility index (Phi) is 7.46. The molecule has 0 saturated carbocycles. The number of rotatable bonds is 7. The maximum absolute atomic E-state index is 12.6. The lowest BCUT2D eigenvalue weighted by atomic mass is 10.1. The lowest BCUT2D eigenvalue weighted by Crippen LogP contribution is -2.36. The highest BCUT2D eigenvalue weighted by Crippen LogP contribution is 2.33. The van der Waals surface area contributed by atoms with Gasteiger partial charge in [0.2, 0.25) is 5.91 Å². The zero-order valence-electron chi connectivity index (χ0n) is 17.1. The van der Waals surface area contributed by atoms with Crippen LogP contribution in [0.2, 0.25) is 5.02 Å². The second-order valence-electron chi connectivity index (χ2n) is 6.55. The molecule has 0 atom stereocenters. The van der Waals surface area contributed by atoms with Crippen LogP contribution < -0.4 is 5.32 Å². The largest absolute Gasteiger partial charge is 0.462 e. The van der Waals surface area contributed by atoms with Crippen molar-refractivity contribution in [2.24, 2.45) is 0 Å². The minimum Gasteiger partial charge on any atom is -0.462 e. The molecule has 1 N–H and O–H groups in total. The number of halogens is 1. The van der Waals surface area contributed by atoms with E-state index in [1.807, 2.05) is 0 Å². The van der Waals surface area contributed by atoms with Crippen molar-refractivity contribution in [1.82, 2.24) is 4.90 Å². The lowest BCUT2D eigenvalue weighted by Gasteiger charge is -2.13. The van der Waals surface area contributed by atoms with Crippen LogP contribution in [0.1, 0.15) is 22.8 Å². The van der Waals surface area contributed by atoms with Gasteiger partial charge < -0.3 is 10.1 Å². The number of benzene rings is 2. The van der Waals surface area contributed by atoms with E-state index in [1.54, 1.807) is 13.0 Å². The molecule has 0 bridgehead atoms. The van der Waals surface area contributed by atoms with Crippen LogP contribution in [-0.4, -0.2) is 46.0 Å². The Balaban J connectivity index is 1.73. The standard InChI is InChI=1S/C21H16ClN3O7S/c1-2-32-20(28)14-10-13(7-8-15(14)22)23-18(26)11-24-19(27)17(33-21(24)29)9-12-5-3-4-6-16(12)25(30)31/h3-10H,2,11H2,1H3,(H,23,26)/b17-9+. The molecule has 0 unspecified atom stereocenters. The predicted molar refractivity (Wildman–Crippen MR) is 122 cm³/mol. The van der Waals surface area contributed by atoms with E-state index in [4.69, 9.17) is 16.3 Å². The number of amides is 3. The molecule has 0 spiro atoms. The van der Waals surface area contributed by atoms with E-state index < -0.39 is 34.5 Å². The number of nitro benzene ring substituents is 1. The molecule has 3 rings (SSSR count). The number of carbonyl (C=O) groups excluding carboxylic acids is 4. The third-order valence-corrected chi connectivity index (χ3v) is 5.58. The number of nitrogens with zero attached hydrogens (tertiary/aromatic N) is 2. The molecular weight excluding hydrogens is 474 g/mol. The van der Waals surface area contributed by atoms with Crippen molar-refractivity contribution in [2.45, 2.75) is 6.92 Å². The Morgan fingerprint density at radius 1 is 1.24 bits per heavy atom. The number of hydrogen-bond donors (Lipinski definition) is 1. The van der Waals surface area contributed by atoms with Gasteiger partial charge in [0.25, 0.3) is 16.8 Å². The Labute approximate surface area is 196 Å². The summed E-state index contributed by atoms with van der Waals surface area (Å²) in [6.45, 7) is 1.19. The molecule has 10 nitrogen and oxygen atoms in total.